The molecule has 1 aromatic carbocycles. The number of benzene rings is 1. The van der Waals surface area contributed by atoms with E-state index < -0.39 is 22.5 Å². The number of hydrogen-bond donors (Lipinski definition) is 2. The third-order valence-corrected chi connectivity index (χ3v) is 5.11. The average Bonchev–Trinajstić information content (AvgIpc) is 2.84. The molecule has 0 radical (unpaired) electrons. The summed E-state index contributed by atoms with van der Waals surface area (Å²) in [5, 5.41) is 6.71. The Morgan fingerprint density at radius 1 is 1.30 bits per heavy atom. The molecule has 0 saturated heterocycles. The molecule has 0 aliphatic rings. The monoisotopic (exact) mass is 357 g/mol. The normalized spacial score (nSPS) is 11.4. The van der Waals surface area contributed by atoms with Crippen molar-refractivity contribution in [3.05, 3.63) is 46.3 Å². The van der Waals surface area contributed by atoms with Crippen molar-refractivity contribution in [2.45, 2.75) is 25.3 Å². The summed E-state index contributed by atoms with van der Waals surface area (Å²) in [7, 11) is -3.86. The van der Waals surface area contributed by atoms with Gasteiger partial charge in [0.15, 0.2) is 5.76 Å². The molecule has 2 N–H and O–H groups in total. The zero-order chi connectivity index (χ0) is 17.0. The second kappa shape index (κ2) is 7.12. The van der Waals surface area contributed by atoms with Crippen molar-refractivity contribution in [2.75, 3.05) is 6.54 Å². The standard InChI is InChI=1S/C14H16ClN3O4S/c1-9-14(10(2)22-18-9)23(20,21)17-8-13(19)16-7-11-5-3-4-6-12(11)15/h3-6,17H,7-8H2,1-2H3,(H,16,19). The van der Waals surface area contributed by atoms with Crippen LogP contribution in [0, 0.1) is 13.8 Å². The maximum Gasteiger partial charge on any atom is 0.246 e. The second-order valence-electron chi connectivity index (χ2n) is 4.85. The van der Waals surface area contributed by atoms with Crippen molar-refractivity contribution in [2.24, 2.45) is 0 Å². The Bertz CT molecular complexity index is 798. The number of nitrogens with one attached hydrogen (secondary N) is 2. The van der Waals surface area contributed by atoms with Crippen molar-refractivity contribution in [3.8, 4) is 0 Å². The first-order valence-corrected chi connectivity index (χ1v) is 8.60. The lowest BCUT2D eigenvalue weighted by atomic mass is 10.2. The van der Waals surface area contributed by atoms with Crippen LogP contribution in [0.5, 0.6) is 0 Å². The molecule has 2 aromatic rings. The van der Waals surface area contributed by atoms with Gasteiger partial charge in [-0.2, -0.15) is 0 Å². The topological polar surface area (TPSA) is 101 Å². The van der Waals surface area contributed by atoms with Gasteiger partial charge in [-0.15, -0.1) is 0 Å². The van der Waals surface area contributed by atoms with Gasteiger partial charge in [0.25, 0.3) is 0 Å². The van der Waals surface area contributed by atoms with Crippen LogP contribution in [0.15, 0.2) is 33.7 Å². The lowest BCUT2D eigenvalue weighted by molar-refractivity contribution is -0.120. The maximum absolute atomic E-state index is 12.2. The van der Waals surface area contributed by atoms with Gasteiger partial charge in [0.05, 0.1) is 6.54 Å². The quantitative estimate of drug-likeness (QED) is 0.816. The SMILES string of the molecule is Cc1noc(C)c1S(=O)(=O)NCC(=O)NCc1ccccc1Cl. The van der Waals surface area contributed by atoms with Crippen LogP contribution in [0.1, 0.15) is 17.0 Å². The van der Waals surface area contributed by atoms with Gasteiger partial charge in [-0.05, 0) is 25.5 Å². The second-order valence-corrected chi connectivity index (χ2v) is 6.96. The van der Waals surface area contributed by atoms with E-state index in [1.165, 1.54) is 13.8 Å². The fourth-order valence-electron chi connectivity index (χ4n) is 1.99. The highest BCUT2D eigenvalue weighted by Crippen LogP contribution is 2.18. The summed E-state index contributed by atoms with van der Waals surface area (Å²) in [6.07, 6.45) is 0. The predicted octanol–water partition coefficient (Wildman–Crippen LogP) is 1.54. The molecule has 23 heavy (non-hydrogen) atoms. The lowest BCUT2D eigenvalue weighted by Gasteiger charge is -2.08. The number of aromatic nitrogens is 1. The Hall–Kier alpha value is -1.90. The maximum atomic E-state index is 12.2. The highest BCUT2D eigenvalue weighted by molar-refractivity contribution is 7.89. The first kappa shape index (κ1) is 17.5. The van der Waals surface area contributed by atoms with Crippen LogP contribution < -0.4 is 10.0 Å². The summed E-state index contributed by atoms with van der Waals surface area (Å²) in [5.74, 6) is -0.299. The molecule has 0 unspecified atom stereocenters. The molecule has 7 nitrogen and oxygen atoms in total. The highest BCUT2D eigenvalue weighted by atomic mass is 35.5. The van der Waals surface area contributed by atoms with Crippen LogP contribution in [-0.2, 0) is 21.4 Å². The highest BCUT2D eigenvalue weighted by Gasteiger charge is 2.24. The Morgan fingerprint density at radius 2 is 2.00 bits per heavy atom. The van der Waals surface area contributed by atoms with Crippen molar-refractivity contribution in [1.29, 1.82) is 0 Å². The third kappa shape index (κ3) is 4.31. The molecule has 0 aliphatic carbocycles. The van der Waals surface area contributed by atoms with Crippen LogP contribution in [-0.4, -0.2) is 26.0 Å². The van der Waals surface area contributed by atoms with E-state index >= 15 is 0 Å². The molecule has 1 aromatic heterocycles. The summed E-state index contributed by atoms with van der Waals surface area (Å²) in [4.78, 5) is 11.7. The molecule has 0 aliphatic heterocycles. The Morgan fingerprint density at radius 3 is 2.61 bits per heavy atom. The molecule has 0 atom stereocenters. The van der Waals surface area contributed by atoms with E-state index in [9.17, 15) is 13.2 Å². The molecule has 0 fully saturated rings. The number of aryl methyl sites for hydroxylation is 2. The van der Waals surface area contributed by atoms with Crippen molar-refractivity contribution in [3.63, 3.8) is 0 Å². The number of halogens is 1. The molecule has 124 valence electrons. The minimum absolute atomic E-state index is 0.0450. The third-order valence-electron chi connectivity index (χ3n) is 3.09. The Labute approximate surface area is 139 Å². The average molecular weight is 358 g/mol. The summed E-state index contributed by atoms with van der Waals surface area (Å²) in [6, 6.07) is 7.07. The van der Waals surface area contributed by atoms with Crippen molar-refractivity contribution >= 4 is 27.5 Å². The van der Waals surface area contributed by atoms with E-state index in [0.717, 1.165) is 5.56 Å². The van der Waals surface area contributed by atoms with Crippen LogP contribution in [0.2, 0.25) is 5.02 Å². The largest absolute Gasteiger partial charge is 0.360 e. The zero-order valence-corrected chi connectivity index (χ0v) is 14.2. The van der Waals surface area contributed by atoms with Gasteiger partial charge in [-0.3, -0.25) is 4.79 Å². The summed E-state index contributed by atoms with van der Waals surface area (Å²) >= 11 is 5.98. The van der Waals surface area contributed by atoms with Crippen LogP contribution in [0.4, 0.5) is 0 Å². The fourth-order valence-corrected chi connectivity index (χ4v) is 3.50. The minimum atomic E-state index is -3.86. The van der Waals surface area contributed by atoms with Crippen LogP contribution >= 0.6 is 11.6 Å². The molecule has 0 saturated carbocycles. The van der Waals surface area contributed by atoms with Crippen LogP contribution in [0.3, 0.4) is 0 Å². The van der Waals surface area contributed by atoms with Crippen molar-refractivity contribution in [1.82, 2.24) is 15.2 Å². The van der Waals surface area contributed by atoms with E-state index in [4.69, 9.17) is 16.1 Å². The van der Waals surface area contributed by atoms with Crippen LogP contribution in [0.25, 0.3) is 0 Å². The Kier molecular flexibility index (Phi) is 5.40. The molecule has 9 heteroatoms. The van der Waals surface area contributed by atoms with E-state index in [-0.39, 0.29) is 22.9 Å². The van der Waals surface area contributed by atoms with Gasteiger partial charge >= 0.3 is 0 Å². The van der Waals surface area contributed by atoms with E-state index in [1.807, 2.05) is 0 Å². The number of nitrogens with zero attached hydrogens (tertiary/aromatic N) is 1. The van der Waals surface area contributed by atoms with E-state index in [0.29, 0.717) is 5.02 Å². The molecule has 1 heterocycles. The molecule has 0 spiro atoms. The lowest BCUT2D eigenvalue weighted by Crippen LogP contribution is -2.36. The summed E-state index contributed by atoms with van der Waals surface area (Å²) in [5.41, 5.74) is 0.988. The molecular formula is C14H16ClN3O4S. The zero-order valence-electron chi connectivity index (χ0n) is 12.6. The molecule has 1 amide bonds. The predicted molar refractivity (Wildman–Crippen MR) is 84.5 cm³/mol. The van der Waals surface area contributed by atoms with E-state index in [1.54, 1.807) is 24.3 Å². The van der Waals surface area contributed by atoms with Gasteiger partial charge in [0.1, 0.15) is 10.6 Å². The number of carbonyl (C=O) groups is 1. The minimum Gasteiger partial charge on any atom is -0.360 e. The number of amides is 1. The number of sulfonamides is 1. The van der Waals surface area contributed by atoms with Gasteiger partial charge in [0, 0.05) is 11.6 Å². The summed E-state index contributed by atoms with van der Waals surface area (Å²) < 4.78 is 31.4. The number of hydrogen-bond acceptors (Lipinski definition) is 5. The smallest absolute Gasteiger partial charge is 0.246 e. The van der Waals surface area contributed by atoms with Gasteiger partial charge in [-0.25, -0.2) is 13.1 Å². The summed E-state index contributed by atoms with van der Waals surface area (Å²) in [6.45, 7) is 2.83. The molecule has 0 bridgehead atoms. The van der Waals surface area contributed by atoms with Gasteiger partial charge < -0.3 is 9.84 Å². The first-order valence-electron chi connectivity index (χ1n) is 6.74. The van der Waals surface area contributed by atoms with E-state index in [2.05, 4.69) is 15.2 Å². The van der Waals surface area contributed by atoms with Gasteiger partial charge in [0.2, 0.25) is 15.9 Å². The molecular weight excluding hydrogens is 342 g/mol. The van der Waals surface area contributed by atoms with Gasteiger partial charge in [-0.1, -0.05) is 35.0 Å². The Balaban J connectivity index is 1.93. The first-order chi connectivity index (χ1) is 10.8. The number of carbonyl (C=O) groups excluding carboxylic acids is 1. The molecule has 2 rings (SSSR count). The van der Waals surface area contributed by atoms with Crippen molar-refractivity contribution < 1.29 is 17.7 Å². The fraction of sp³-hybridized carbons (Fsp3) is 0.286. The number of rotatable bonds is 6.